The normalized spacial score (nSPS) is 21.9. The van der Waals surface area contributed by atoms with Crippen LogP contribution in [-0.4, -0.2) is 42.6 Å². The number of morpholine rings is 1. The lowest BCUT2D eigenvalue weighted by Crippen LogP contribution is -2.42. The van der Waals surface area contributed by atoms with Crippen molar-refractivity contribution in [1.82, 2.24) is 4.90 Å². The Bertz CT molecular complexity index is 502. The topological polar surface area (TPSA) is 55.6 Å². The molecule has 21 heavy (non-hydrogen) atoms. The Kier molecular flexibility index (Phi) is 4.00. The average Bonchev–Trinajstić information content (AvgIpc) is 3.24. The van der Waals surface area contributed by atoms with Gasteiger partial charge in [0.15, 0.2) is 0 Å². The number of hydrogen-bond donors (Lipinski definition) is 1. The molecule has 3 rings (SSSR count). The standard InChI is InChI=1S/C17H24N2O2/c1-13(16(20)19-8-10-21-11-9-19)15-4-2-14(3-5-15)12-17(18)6-7-17/h2-5,13H,6-12,18H2,1H3. The minimum Gasteiger partial charge on any atom is -0.378 e. The highest BCUT2D eigenvalue weighted by Crippen LogP contribution is 2.35. The first-order valence-electron chi connectivity index (χ1n) is 7.82. The van der Waals surface area contributed by atoms with E-state index in [1.807, 2.05) is 11.8 Å². The van der Waals surface area contributed by atoms with E-state index < -0.39 is 0 Å². The van der Waals surface area contributed by atoms with Gasteiger partial charge >= 0.3 is 0 Å². The van der Waals surface area contributed by atoms with E-state index in [-0.39, 0.29) is 17.4 Å². The smallest absolute Gasteiger partial charge is 0.229 e. The van der Waals surface area contributed by atoms with E-state index in [4.69, 9.17) is 10.5 Å². The summed E-state index contributed by atoms with van der Waals surface area (Å²) in [4.78, 5) is 14.4. The summed E-state index contributed by atoms with van der Waals surface area (Å²) >= 11 is 0. The van der Waals surface area contributed by atoms with E-state index in [9.17, 15) is 4.79 Å². The summed E-state index contributed by atoms with van der Waals surface area (Å²) in [6.45, 7) is 4.69. The van der Waals surface area contributed by atoms with Crippen molar-refractivity contribution in [2.75, 3.05) is 26.3 Å². The molecule has 0 aromatic heterocycles. The molecule has 4 heteroatoms. The molecule has 114 valence electrons. The van der Waals surface area contributed by atoms with Gasteiger partial charge in [0, 0.05) is 18.6 Å². The molecule has 2 fully saturated rings. The van der Waals surface area contributed by atoms with Gasteiger partial charge in [-0.15, -0.1) is 0 Å². The van der Waals surface area contributed by atoms with Crippen molar-refractivity contribution in [1.29, 1.82) is 0 Å². The Morgan fingerprint density at radius 2 is 1.90 bits per heavy atom. The fourth-order valence-electron chi connectivity index (χ4n) is 2.87. The van der Waals surface area contributed by atoms with Crippen LogP contribution in [0.15, 0.2) is 24.3 Å². The summed E-state index contributed by atoms with van der Waals surface area (Å²) in [5.41, 5.74) is 8.54. The summed E-state index contributed by atoms with van der Waals surface area (Å²) in [5, 5.41) is 0. The van der Waals surface area contributed by atoms with Gasteiger partial charge in [0.05, 0.1) is 19.1 Å². The minimum atomic E-state index is -0.0927. The monoisotopic (exact) mass is 288 g/mol. The minimum absolute atomic E-state index is 0.0384. The molecule has 0 bridgehead atoms. The second-order valence-corrected chi connectivity index (χ2v) is 6.44. The molecule has 2 N–H and O–H groups in total. The van der Waals surface area contributed by atoms with Crippen LogP contribution in [0.3, 0.4) is 0 Å². The van der Waals surface area contributed by atoms with Crippen LogP contribution in [0.25, 0.3) is 0 Å². The number of carbonyl (C=O) groups is 1. The average molecular weight is 288 g/mol. The Balaban J connectivity index is 1.63. The maximum absolute atomic E-state index is 12.5. The van der Waals surface area contributed by atoms with Gasteiger partial charge in [-0.25, -0.2) is 0 Å². The van der Waals surface area contributed by atoms with E-state index in [1.54, 1.807) is 0 Å². The van der Waals surface area contributed by atoms with Crippen LogP contribution in [0, 0.1) is 0 Å². The molecule has 1 heterocycles. The molecule has 1 aromatic rings. The van der Waals surface area contributed by atoms with Crippen molar-refractivity contribution in [3.8, 4) is 0 Å². The maximum Gasteiger partial charge on any atom is 0.229 e. The molecule has 2 aliphatic rings. The van der Waals surface area contributed by atoms with Crippen LogP contribution in [-0.2, 0) is 16.0 Å². The van der Waals surface area contributed by atoms with Crippen molar-refractivity contribution in [3.05, 3.63) is 35.4 Å². The van der Waals surface area contributed by atoms with E-state index in [0.29, 0.717) is 26.3 Å². The number of rotatable bonds is 4. The molecule has 1 saturated heterocycles. The number of benzene rings is 1. The third-order valence-electron chi connectivity index (χ3n) is 4.62. The van der Waals surface area contributed by atoms with E-state index >= 15 is 0 Å². The van der Waals surface area contributed by atoms with Crippen molar-refractivity contribution >= 4 is 5.91 Å². The number of ether oxygens (including phenoxy) is 1. The van der Waals surface area contributed by atoms with Crippen LogP contribution in [0.4, 0.5) is 0 Å². The van der Waals surface area contributed by atoms with Crippen LogP contribution in [0.2, 0.25) is 0 Å². The number of nitrogens with two attached hydrogens (primary N) is 1. The lowest BCUT2D eigenvalue weighted by atomic mass is 9.96. The molecule has 0 spiro atoms. The number of nitrogens with zero attached hydrogens (tertiary/aromatic N) is 1. The van der Waals surface area contributed by atoms with Gasteiger partial charge in [-0.05, 0) is 37.3 Å². The molecule has 4 nitrogen and oxygen atoms in total. The SMILES string of the molecule is CC(C(=O)N1CCOCC1)c1ccc(CC2(N)CC2)cc1. The first kappa shape index (κ1) is 14.5. The van der Waals surface area contributed by atoms with Crippen molar-refractivity contribution in [2.24, 2.45) is 5.73 Å². The van der Waals surface area contributed by atoms with Gasteiger partial charge in [-0.2, -0.15) is 0 Å². The van der Waals surface area contributed by atoms with Gasteiger partial charge in [0.1, 0.15) is 0 Å². The van der Waals surface area contributed by atoms with Crippen LogP contribution in [0.1, 0.15) is 36.8 Å². The van der Waals surface area contributed by atoms with E-state index in [0.717, 1.165) is 24.8 Å². The lowest BCUT2D eigenvalue weighted by molar-refractivity contribution is -0.136. The molecule has 1 unspecified atom stereocenters. The lowest BCUT2D eigenvalue weighted by Gasteiger charge is -2.29. The second-order valence-electron chi connectivity index (χ2n) is 6.44. The molecule has 1 aliphatic carbocycles. The van der Waals surface area contributed by atoms with Gasteiger partial charge in [-0.3, -0.25) is 4.79 Å². The summed E-state index contributed by atoms with van der Waals surface area (Å²) < 4.78 is 5.30. The van der Waals surface area contributed by atoms with Crippen molar-refractivity contribution in [2.45, 2.75) is 37.6 Å². The van der Waals surface area contributed by atoms with Gasteiger partial charge in [0.25, 0.3) is 0 Å². The first-order valence-corrected chi connectivity index (χ1v) is 7.82. The second kappa shape index (κ2) is 5.78. The number of carbonyl (C=O) groups excluding carboxylic acids is 1. The van der Waals surface area contributed by atoms with Crippen LogP contribution in [0.5, 0.6) is 0 Å². The summed E-state index contributed by atoms with van der Waals surface area (Å²) in [5.74, 6) is 0.105. The van der Waals surface area contributed by atoms with Crippen LogP contribution >= 0.6 is 0 Å². The predicted octanol–water partition coefficient (Wildman–Crippen LogP) is 1.68. The predicted molar refractivity (Wildman–Crippen MR) is 82.1 cm³/mol. The zero-order valence-electron chi connectivity index (χ0n) is 12.7. The van der Waals surface area contributed by atoms with Crippen LogP contribution < -0.4 is 5.73 Å². The molecule has 1 aromatic carbocycles. The molecule has 1 amide bonds. The van der Waals surface area contributed by atoms with Gasteiger partial charge in [0.2, 0.25) is 5.91 Å². The van der Waals surface area contributed by atoms with E-state index in [1.165, 1.54) is 5.56 Å². The first-order chi connectivity index (χ1) is 10.1. The van der Waals surface area contributed by atoms with Gasteiger partial charge < -0.3 is 15.4 Å². The zero-order chi connectivity index (χ0) is 14.9. The Hall–Kier alpha value is -1.39. The quantitative estimate of drug-likeness (QED) is 0.917. The van der Waals surface area contributed by atoms with Crippen molar-refractivity contribution in [3.63, 3.8) is 0 Å². The van der Waals surface area contributed by atoms with Crippen molar-refractivity contribution < 1.29 is 9.53 Å². The maximum atomic E-state index is 12.5. The fourth-order valence-corrected chi connectivity index (χ4v) is 2.87. The fraction of sp³-hybridized carbons (Fsp3) is 0.588. The summed E-state index contributed by atoms with van der Waals surface area (Å²) in [6.07, 6.45) is 3.19. The summed E-state index contributed by atoms with van der Waals surface area (Å²) in [7, 11) is 0. The molecular weight excluding hydrogens is 264 g/mol. The molecule has 1 aliphatic heterocycles. The Morgan fingerprint density at radius 1 is 1.29 bits per heavy atom. The molecule has 0 radical (unpaired) electrons. The highest BCUT2D eigenvalue weighted by atomic mass is 16.5. The third kappa shape index (κ3) is 3.44. The van der Waals surface area contributed by atoms with Gasteiger partial charge in [-0.1, -0.05) is 24.3 Å². The third-order valence-corrected chi connectivity index (χ3v) is 4.62. The summed E-state index contributed by atoms with van der Waals surface area (Å²) in [6, 6.07) is 8.38. The highest BCUT2D eigenvalue weighted by molar-refractivity contribution is 5.83. The molecule has 1 saturated carbocycles. The number of amides is 1. The molecular formula is C17H24N2O2. The zero-order valence-corrected chi connectivity index (χ0v) is 12.7. The highest BCUT2D eigenvalue weighted by Gasteiger charge is 2.37. The largest absolute Gasteiger partial charge is 0.378 e. The Morgan fingerprint density at radius 3 is 2.48 bits per heavy atom. The molecule has 1 atom stereocenters. The van der Waals surface area contributed by atoms with E-state index in [2.05, 4.69) is 24.3 Å². The number of hydrogen-bond acceptors (Lipinski definition) is 3. The Labute approximate surface area is 126 Å².